The van der Waals surface area contributed by atoms with Crippen molar-refractivity contribution in [3.05, 3.63) is 47.9 Å². The first-order chi connectivity index (χ1) is 9.38. The number of nitrogens with two attached hydrogens (primary N) is 1. The Morgan fingerprint density at radius 1 is 1.25 bits per heavy atom. The molecule has 0 amide bonds. The van der Waals surface area contributed by atoms with Crippen molar-refractivity contribution in [2.45, 2.75) is 16.1 Å². The molecule has 0 radical (unpaired) electrons. The quantitative estimate of drug-likeness (QED) is 0.675. The average Bonchev–Trinajstić information content (AvgIpc) is 2.38. The van der Waals surface area contributed by atoms with Crippen LogP contribution >= 0.6 is 11.8 Å². The van der Waals surface area contributed by atoms with E-state index >= 15 is 0 Å². The highest BCUT2D eigenvalue weighted by Crippen LogP contribution is 2.34. The molecule has 0 saturated carbocycles. The third-order valence-electron chi connectivity index (χ3n) is 2.35. The molecule has 0 atom stereocenters. The van der Waals surface area contributed by atoms with Crippen LogP contribution in [0.3, 0.4) is 0 Å². The van der Waals surface area contributed by atoms with Crippen LogP contribution in [-0.2, 0) is 6.18 Å². The summed E-state index contributed by atoms with van der Waals surface area (Å²) in [4.78, 5) is 8.30. The van der Waals surface area contributed by atoms with Crippen LogP contribution in [0.5, 0.6) is 0 Å². The fourth-order valence-electron chi connectivity index (χ4n) is 1.46. The van der Waals surface area contributed by atoms with Crippen molar-refractivity contribution in [1.29, 1.82) is 5.41 Å². The van der Waals surface area contributed by atoms with Crippen molar-refractivity contribution in [3.8, 4) is 0 Å². The number of alkyl halides is 3. The van der Waals surface area contributed by atoms with Crippen molar-refractivity contribution in [3.63, 3.8) is 0 Å². The van der Waals surface area contributed by atoms with E-state index < -0.39 is 17.6 Å². The summed E-state index contributed by atoms with van der Waals surface area (Å²) in [6.07, 6.45) is -0.0330. The fourth-order valence-corrected chi connectivity index (χ4v) is 2.32. The molecule has 4 nitrogen and oxygen atoms in total. The van der Waals surface area contributed by atoms with Crippen LogP contribution < -0.4 is 5.73 Å². The summed E-state index contributed by atoms with van der Waals surface area (Å²) in [6.45, 7) is 0. The standard InChI is InChI=1S/C12H9F3N4S/c13-12(14,15)7-1-2-9(8(5-7)11(16)17)20-10-6-18-3-4-19-10/h1-6H,(H3,16,17). The number of hydrogen-bond acceptors (Lipinski definition) is 4. The molecule has 1 heterocycles. The Morgan fingerprint density at radius 2 is 2.00 bits per heavy atom. The molecule has 1 aromatic carbocycles. The third-order valence-corrected chi connectivity index (χ3v) is 3.35. The maximum absolute atomic E-state index is 12.6. The van der Waals surface area contributed by atoms with Gasteiger partial charge in [0.1, 0.15) is 10.9 Å². The van der Waals surface area contributed by atoms with E-state index in [2.05, 4.69) is 9.97 Å². The van der Waals surface area contributed by atoms with Crippen LogP contribution in [0.1, 0.15) is 11.1 Å². The zero-order chi connectivity index (χ0) is 14.8. The van der Waals surface area contributed by atoms with Gasteiger partial charge in [0.2, 0.25) is 0 Å². The Labute approximate surface area is 116 Å². The van der Waals surface area contributed by atoms with Gasteiger partial charge in [-0.2, -0.15) is 13.2 Å². The van der Waals surface area contributed by atoms with Crippen LogP contribution in [0.15, 0.2) is 46.7 Å². The van der Waals surface area contributed by atoms with Gasteiger partial charge in [-0.3, -0.25) is 10.4 Å². The molecular weight excluding hydrogens is 289 g/mol. The van der Waals surface area contributed by atoms with E-state index in [0.29, 0.717) is 9.92 Å². The lowest BCUT2D eigenvalue weighted by Crippen LogP contribution is -2.15. The predicted molar refractivity (Wildman–Crippen MR) is 68.6 cm³/mol. The maximum atomic E-state index is 12.6. The lowest BCUT2D eigenvalue weighted by Gasteiger charge is -2.12. The van der Waals surface area contributed by atoms with Crippen LogP contribution in [0.25, 0.3) is 0 Å². The van der Waals surface area contributed by atoms with Crippen molar-refractivity contribution < 1.29 is 13.2 Å². The predicted octanol–water partition coefficient (Wildman–Crippen LogP) is 2.93. The number of benzene rings is 1. The van der Waals surface area contributed by atoms with Gasteiger partial charge in [0.25, 0.3) is 0 Å². The summed E-state index contributed by atoms with van der Waals surface area (Å²) in [5.74, 6) is -0.428. The first kappa shape index (κ1) is 14.3. The summed E-state index contributed by atoms with van der Waals surface area (Å²) in [7, 11) is 0. The minimum Gasteiger partial charge on any atom is -0.384 e. The van der Waals surface area contributed by atoms with Gasteiger partial charge in [-0.1, -0.05) is 11.8 Å². The molecule has 8 heteroatoms. The molecule has 2 rings (SSSR count). The second kappa shape index (κ2) is 5.49. The smallest absolute Gasteiger partial charge is 0.384 e. The molecule has 0 aliphatic rings. The lowest BCUT2D eigenvalue weighted by atomic mass is 10.1. The first-order valence-corrected chi connectivity index (χ1v) is 6.19. The summed E-state index contributed by atoms with van der Waals surface area (Å²) in [5.41, 5.74) is 4.53. The highest BCUT2D eigenvalue weighted by molar-refractivity contribution is 7.99. The molecule has 0 fully saturated rings. The molecule has 0 saturated heterocycles. The number of nitrogens with one attached hydrogen (secondary N) is 1. The summed E-state index contributed by atoms with van der Waals surface area (Å²) in [6, 6.07) is 3.09. The Balaban J connectivity index is 2.41. The van der Waals surface area contributed by atoms with Crippen molar-refractivity contribution in [2.24, 2.45) is 5.73 Å². The van der Waals surface area contributed by atoms with E-state index in [0.717, 1.165) is 23.9 Å². The Kier molecular flexibility index (Phi) is 3.93. The molecule has 0 aliphatic carbocycles. The van der Waals surface area contributed by atoms with Crippen LogP contribution in [-0.4, -0.2) is 15.8 Å². The molecule has 104 valence electrons. The SMILES string of the molecule is N=C(N)c1cc(C(F)(F)F)ccc1Sc1cnccn1. The van der Waals surface area contributed by atoms with Crippen molar-refractivity contribution >= 4 is 17.6 Å². The minimum atomic E-state index is -4.47. The van der Waals surface area contributed by atoms with Crippen LogP contribution in [0, 0.1) is 5.41 Å². The Bertz CT molecular complexity index is 628. The molecule has 3 N–H and O–H groups in total. The lowest BCUT2D eigenvalue weighted by molar-refractivity contribution is -0.137. The van der Waals surface area contributed by atoms with E-state index in [4.69, 9.17) is 11.1 Å². The van der Waals surface area contributed by atoms with Gasteiger partial charge in [0.15, 0.2) is 0 Å². The number of rotatable bonds is 3. The van der Waals surface area contributed by atoms with E-state index in [1.54, 1.807) is 0 Å². The molecule has 0 bridgehead atoms. The number of nitrogens with zero attached hydrogens (tertiary/aromatic N) is 2. The van der Waals surface area contributed by atoms with Gasteiger partial charge < -0.3 is 5.73 Å². The van der Waals surface area contributed by atoms with Gasteiger partial charge in [0, 0.05) is 22.9 Å². The average molecular weight is 298 g/mol. The Hall–Kier alpha value is -2.09. The van der Waals surface area contributed by atoms with E-state index in [-0.39, 0.29) is 5.56 Å². The largest absolute Gasteiger partial charge is 0.416 e. The highest BCUT2D eigenvalue weighted by atomic mass is 32.2. The topological polar surface area (TPSA) is 75.7 Å². The Morgan fingerprint density at radius 3 is 2.55 bits per heavy atom. The monoisotopic (exact) mass is 298 g/mol. The number of aromatic nitrogens is 2. The minimum absolute atomic E-state index is 0.0236. The zero-order valence-electron chi connectivity index (χ0n) is 9.98. The molecule has 1 aromatic heterocycles. The van der Waals surface area contributed by atoms with Crippen LogP contribution in [0.4, 0.5) is 13.2 Å². The molecular formula is C12H9F3N4S. The van der Waals surface area contributed by atoms with E-state index in [9.17, 15) is 13.2 Å². The zero-order valence-corrected chi connectivity index (χ0v) is 10.8. The molecule has 0 unspecified atom stereocenters. The normalized spacial score (nSPS) is 11.3. The number of hydrogen-bond donors (Lipinski definition) is 2. The third kappa shape index (κ3) is 3.27. The number of halogens is 3. The summed E-state index contributed by atoms with van der Waals surface area (Å²) < 4.78 is 37.9. The van der Waals surface area contributed by atoms with Gasteiger partial charge in [-0.15, -0.1) is 0 Å². The van der Waals surface area contributed by atoms with Gasteiger partial charge in [-0.05, 0) is 18.2 Å². The summed E-state index contributed by atoms with van der Waals surface area (Å²) in [5, 5.41) is 7.91. The number of amidine groups is 1. The van der Waals surface area contributed by atoms with Gasteiger partial charge in [0.05, 0.1) is 11.8 Å². The second-order valence-corrected chi connectivity index (χ2v) is 4.83. The second-order valence-electron chi connectivity index (χ2n) is 3.77. The first-order valence-electron chi connectivity index (χ1n) is 5.37. The van der Waals surface area contributed by atoms with Crippen LogP contribution in [0.2, 0.25) is 0 Å². The van der Waals surface area contributed by atoms with Gasteiger partial charge in [-0.25, -0.2) is 4.98 Å². The number of nitrogen functional groups attached to an aromatic ring is 1. The fraction of sp³-hybridized carbons (Fsp3) is 0.0833. The maximum Gasteiger partial charge on any atom is 0.416 e. The molecule has 0 aliphatic heterocycles. The summed E-state index contributed by atoms with van der Waals surface area (Å²) >= 11 is 1.10. The molecule has 2 aromatic rings. The van der Waals surface area contributed by atoms with Gasteiger partial charge >= 0.3 is 6.18 Å². The highest BCUT2D eigenvalue weighted by Gasteiger charge is 2.31. The van der Waals surface area contributed by atoms with E-state index in [1.165, 1.54) is 24.7 Å². The molecule has 20 heavy (non-hydrogen) atoms. The van der Waals surface area contributed by atoms with Crippen molar-refractivity contribution in [1.82, 2.24) is 9.97 Å². The molecule has 0 spiro atoms. The van der Waals surface area contributed by atoms with Crippen molar-refractivity contribution in [2.75, 3.05) is 0 Å². The van der Waals surface area contributed by atoms with E-state index in [1.807, 2.05) is 0 Å².